The highest BCUT2D eigenvalue weighted by Crippen LogP contribution is 2.43. The molecular formula is C25H28Cl2N3O6+. The van der Waals surface area contributed by atoms with E-state index in [1.54, 1.807) is 6.92 Å². The zero-order valence-corrected chi connectivity index (χ0v) is 21.3. The van der Waals surface area contributed by atoms with Crippen LogP contribution in [0, 0.1) is 0 Å². The quantitative estimate of drug-likeness (QED) is 0.205. The second kappa shape index (κ2) is 11.0. The van der Waals surface area contributed by atoms with Gasteiger partial charge < -0.3 is 25.2 Å². The smallest absolute Gasteiger partial charge is 0.376 e. The highest BCUT2D eigenvalue weighted by atomic mass is 35.5. The molecule has 1 amide bonds. The van der Waals surface area contributed by atoms with Gasteiger partial charge in [-0.1, -0.05) is 53.5 Å². The highest BCUT2D eigenvalue weighted by molar-refractivity contribution is 6.39. The fraction of sp³-hybridized carbons (Fsp3) is 0.400. The van der Waals surface area contributed by atoms with Crippen molar-refractivity contribution in [3.05, 3.63) is 57.6 Å². The first-order chi connectivity index (χ1) is 17.3. The molecule has 192 valence electrons. The minimum atomic E-state index is -1.01. The first-order valence-corrected chi connectivity index (χ1v) is 12.5. The average molecular weight is 537 g/mol. The van der Waals surface area contributed by atoms with Gasteiger partial charge in [-0.05, 0) is 18.6 Å². The monoisotopic (exact) mass is 536 g/mol. The van der Waals surface area contributed by atoms with Crippen LogP contribution >= 0.6 is 23.2 Å². The minimum Gasteiger partial charge on any atom is -0.505 e. The van der Waals surface area contributed by atoms with E-state index in [0.717, 1.165) is 37.8 Å². The van der Waals surface area contributed by atoms with Crippen LogP contribution < -0.4 is 15.4 Å². The first kappa shape index (κ1) is 26.2. The Morgan fingerprint density at radius 1 is 1.19 bits per heavy atom. The molecule has 2 aliphatic heterocycles. The Balaban J connectivity index is 1.49. The Morgan fingerprint density at radius 3 is 2.56 bits per heavy atom. The number of esters is 2. The fourth-order valence-electron chi connectivity index (χ4n) is 4.48. The Bertz CT molecular complexity index is 1150. The Hall–Kier alpha value is -2.85. The molecule has 1 spiro atoms. The number of hydrogen-bond donors (Lipinski definition) is 3. The number of piperazine rings is 1. The van der Waals surface area contributed by atoms with Gasteiger partial charge in [0.05, 0.1) is 30.3 Å². The van der Waals surface area contributed by atoms with Crippen molar-refractivity contribution in [3.63, 3.8) is 0 Å². The van der Waals surface area contributed by atoms with Gasteiger partial charge in [0.15, 0.2) is 11.5 Å². The van der Waals surface area contributed by atoms with Gasteiger partial charge in [0.25, 0.3) is 5.91 Å². The number of ether oxygens (including phenoxy) is 2. The number of phenolic OH excluding ortho intramolecular Hbond substituents is 1. The summed E-state index contributed by atoms with van der Waals surface area (Å²) < 4.78 is 11.2. The van der Waals surface area contributed by atoms with Crippen molar-refractivity contribution in [2.24, 2.45) is 0 Å². The van der Waals surface area contributed by atoms with Gasteiger partial charge in [-0.15, -0.1) is 0 Å². The lowest BCUT2D eigenvalue weighted by molar-refractivity contribution is -0.811. The number of rotatable bonds is 8. The molecule has 2 aromatic rings. The minimum absolute atomic E-state index is 0.112. The molecular weight excluding hydrogens is 509 g/mol. The maximum atomic E-state index is 13.0. The number of carbonyl (C=O) groups is 3. The van der Waals surface area contributed by atoms with Gasteiger partial charge in [0, 0.05) is 19.5 Å². The molecule has 36 heavy (non-hydrogen) atoms. The van der Waals surface area contributed by atoms with E-state index in [1.165, 1.54) is 0 Å². The second-order valence-corrected chi connectivity index (χ2v) is 9.69. The summed E-state index contributed by atoms with van der Waals surface area (Å²) in [6.45, 7) is 5.80. The zero-order valence-electron chi connectivity index (χ0n) is 19.8. The van der Waals surface area contributed by atoms with E-state index < -0.39 is 29.6 Å². The highest BCUT2D eigenvalue weighted by Gasteiger charge is 2.61. The van der Waals surface area contributed by atoms with Crippen LogP contribution in [0.25, 0.3) is 0 Å². The predicted octanol–water partition coefficient (Wildman–Crippen LogP) is 2.31. The van der Waals surface area contributed by atoms with Crippen molar-refractivity contribution in [3.8, 4) is 11.5 Å². The summed E-state index contributed by atoms with van der Waals surface area (Å²) in [7, 11) is 0. The molecule has 9 nitrogen and oxygen atoms in total. The molecule has 2 aromatic carbocycles. The molecule has 2 fully saturated rings. The van der Waals surface area contributed by atoms with Crippen molar-refractivity contribution < 1.29 is 33.4 Å². The van der Waals surface area contributed by atoms with Crippen molar-refractivity contribution in [1.82, 2.24) is 10.6 Å². The van der Waals surface area contributed by atoms with Crippen LogP contribution in [-0.2, 0) is 20.7 Å². The van der Waals surface area contributed by atoms with Gasteiger partial charge in [0.2, 0.25) is 6.04 Å². The number of aromatic hydroxyl groups is 1. The fourth-order valence-corrected chi connectivity index (χ4v) is 5.01. The summed E-state index contributed by atoms with van der Waals surface area (Å²) in [6, 6.07) is 8.95. The van der Waals surface area contributed by atoms with E-state index in [4.69, 9.17) is 32.7 Å². The summed E-state index contributed by atoms with van der Waals surface area (Å²) in [5.74, 6) is -2.70. The number of amides is 1. The number of carbonyl (C=O) groups excluding carboxylic acids is 3. The summed E-state index contributed by atoms with van der Waals surface area (Å²) in [5, 5.41) is 16.0. The Kier molecular flexibility index (Phi) is 8.04. The number of quaternary nitrogens is 1. The molecule has 0 radical (unpaired) electrons. The molecule has 2 heterocycles. The van der Waals surface area contributed by atoms with Crippen molar-refractivity contribution in [1.29, 1.82) is 0 Å². The summed E-state index contributed by atoms with van der Waals surface area (Å²) in [4.78, 5) is 38.3. The lowest BCUT2D eigenvalue weighted by Crippen LogP contribution is -2.48. The van der Waals surface area contributed by atoms with Gasteiger partial charge in [-0.25, -0.2) is 9.59 Å². The third kappa shape index (κ3) is 5.59. The third-order valence-corrected chi connectivity index (χ3v) is 7.19. The number of hydrogen-bond acceptors (Lipinski definition) is 7. The maximum absolute atomic E-state index is 13.0. The van der Waals surface area contributed by atoms with Crippen LogP contribution in [0.3, 0.4) is 0 Å². The van der Waals surface area contributed by atoms with Crippen LogP contribution in [-0.4, -0.2) is 78.8 Å². The van der Waals surface area contributed by atoms with Gasteiger partial charge in [0.1, 0.15) is 17.6 Å². The van der Waals surface area contributed by atoms with Crippen LogP contribution in [0.1, 0.15) is 22.8 Å². The number of nitrogens with one attached hydrogen (secondary N) is 2. The standard InChI is InChI=1S/C25H27Cl2N3O6/c1-2-35-24(33)18(12-15-6-4-3-5-7-15)29-23(32)16-13-17(26)22(20(27)21(16)31)36-25(34)19-14-30(19)10-8-28-9-11-30/h3-7,13,18-19,28H,2,8-12,14H2,1H3,(H-,29,31,32)/p+1/t18-,19?/m1/s1. The second-order valence-electron chi connectivity index (χ2n) is 8.90. The van der Waals surface area contributed by atoms with E-state index in [9.17, 15) is 19.5 Å². The predicted molar refractivity (Wildman–Crippen MR) is 133 cm³/mol. The lowest BCUT2D eigenvalue weighted by atomic mass is 10.1. The Labute approximate surface area is 218 Å². The number of nitrogens with zero attached hydrogens (tertiary/aromatic N) is 1. The molecule has 3 N–H and O–H groups in total. The van der Waals surface area contributed by atoms with Gasteiger partial charge in [-0.3, -0.25) is 9.28 Å². The molecule has 4 rings (SSSR count). The van der Waals surface area contributed by atoms with Crippen molar-refractivity contribution >= 4 is 41.0 Å². The van der Waals surface area contributed by atoms with Crippen molar-refractivity contribution in [2.75, 3.05) is 39.3 Å². The molecule has 11 heteroatoms. The summed E-state index contributed by atoms with van der Waals surface area (Å²) in [6.07, 6.45) is 0.181. The molecule has 2 saturated heterocycles. The third-order valence-electron chi connectivity index (χ3n) is 6.56. The van der Waals surface area contributed by atoms with E-state index in [1.807, 2.05) is 30.3 Å². The largest absolute Gasteiger partial charge is 0.505 e. The molecule has 2 aliphatic rings. The van der Waals surface area contributed by atoms with E-state index >= 15 is 0 Å². The van der Waals surface area contributed by atoms with Gasteiger partial charge >= 0.3 is 11.9 Å². The lowest BCUT2D eigenvalue weighted by Gasteiger charge is -2.25. The number of halogens is 2. The van der Waals surface area contributed by atoms with E-state index in [0.29, 0.717) is 11.0 Å². The zero-order chi connectivity index (χ0) is 25.9. The van der Waals surface area contributed by atoms with E-state index in [2.05, 4.69) is 10.6 Å². The van der Waals surface area contributed by atoms with Crippen LogP contribution in [0.2, 0.25) is 10.0 Å². The SMILES string of the molecule is CCOC(=O)[C@@H](Cc1ccccc1)NC(=O)c1cc(Cl)c(OC(=O)C2C[N+]23CCNCC3)c(Cl)c1O. The van der Waals surface area contributed by atoms with Crippen LogP contribution in [0.4, 0.5) is 0 Å². The molecule has 0 saturated carbocycles. The van der Waals surface area contributed by atoms with Crippen molar-refractivity contribution in [2.45, 2.75) is 25.4 Å². The first-order valence-electron chi connectivity index (χ1n) is 11.8. The topological polar surface area (TPSA) is 114 Å². The maximum Gasteiger partial charge on any atom is 0.376 e. The number of benzene rings is 2. The van der Waals surface area contributed by atoms with E-state index in [-0.39, 0.29) is 40.4 Å². The molecule has 1 unspecified atom stereocenters. The Morgan fingerprint density at radius 2 is 1.89 bits per heavy atom. The van der Waals surface area contributed by atoms with Gasteiger partial charge in [-0.2, -0.15) is 0 Å². The normalized spacial score (nSPS) is 18.8. The molecule has 0 aliphatic carbocycles. The molecule has 0 aromatic heterocycles. The van der Waals surface area contributed by atoms with Crippen LogP contribution in [0.5, 0.6) is 11.5 Å². The summed E-state index contributed by atoms with van der Waals surface area (Å²) >= 11 is 12.6. The average Bonchev–Trinajstić information content (AvgIpc) is 3.57. The molecule has 0 bridgehead atoms. The number of phenols is 1. The summed E-state index contributed by atoms with van der Waals surface area (Å²) in [5.41, 5.74) is 0.549. The molecule has 2 atom stereocenters. The van der Waals surface area contributed by atoms with Crippen LogP contribution in [0.15, 0.2) is 36.4 Å².